The van der Waals surface area contributed by atoms with Gasteiger partial charge in [0.15, 0.2) is 5.82 Å². The first kappa shape index (κ1) is 26.1. The summed E-state index contributed by atoms with van der Waals surface area (Å²) in [7, 11) is 1.58. The quantitative estimate of drug-likeness (QED) is 0.296. The second-order valence-electron chi connectivity index (χ2n) is 9.29. The molecule has 10 nitrogen and oxygen atoms in total. The molecule has 0 saturated carbocycles. The van der Waals surface area contributed by atoms with Gasteiger partial charge in [-0.05, 0) is 37.1 Å². The average Bonchev–Trinajstić information content (AvgIpc) is 3.32. The maximum absolute atomic E-state index is 11.7. The minimum atomic E-state index is -0.165. The molecule has 5 rings (SSSR count). The van der Waals surface area contributed by atoms with E-state index in [0.717, 1.165) is 44.9 Å². The van der Waals surface area contributed by atoms with Crippen molar-refractivity contribution in [1.29, 1.82) is 5.41 Å². The van der Waals surface area contributed by atoms with Crippen molar-refractivity contribution in [3.05, 3.63) is 77.6 Å². The molecule has 2 aromatic carbocycles. The van der Waals surface area contributed by atoms with Gasteiger partial charge in [-0.15, -0.1) is 0 Å². The Balaban J connectivity index is 1.67. The van der Waals surface area contributed by atoms with Crippen molar-refractivity contribution >= 4 is 34.4 Å². The van der Waals surface area contributed by atoms with Crippen LogP contribution in [0.5, 0.6) is 0 Å². The molecule has 1 atom stereocenters. The van der Waals surface area contributed by atoms with Crippen molar-refractivity contribution in [2.24, 2.45) is 0 Å². The zero-order valence-electron chi connectivity index (χ0n) is 22.2. The molecule has 4 aromatic rings. The molecule has 200 valence electrons. The molecule has 0 bridgehead atoms. The summed E-state index contributed by atoms with van der Waals surface area (Å²) in [6, 6.07) is 16.2. The number of aromatic nitrogens is 3. The number of amides is 1. The summed E-state index contributed by atoms with van der Waals surface area (Å²) in [4.78, 5) is 23.8. The van der Waals surface area contributed by atoms with Crippen molar-refractivity contribution in [2.45, 2.75) is 19.9 Å². The lowest BCUT2D eigenvalue weighted by molar-refractivity contribution is -0.119. The van der Waals surface area contributed by atoms with Gasteiger partial charge in [0.05, 0.1) is 42.6 Å². The number of benzene rings is 2. The molecule has 1 amide bonds. The van der Waals surface area contributed by atoms with E-state index in [-0.39, 0.29) is 18.5 Å². The van der Waals surface area contributed by atoms with Crippen molar-refractivity contribution < 1.29 is 14.1 Å². The zero-order chi connectivity index (χ0) is 27.4. The number of fused-ring (bicyclic) bond motifs is 1. The first-order valence-corrected chi connectivity index (χ1v) is 12.8. The van der Waals surface area contributed by atoms with Crippen LogP contribution in [-0.2, 0) is 9.53 Å². The fourth-order valence-electron chi connectivity index (χ4n) is 4.83. The predicted molar refractivity (Wildman–Crippen MR) is 151 cm³/mol. The van der Waals surface area contributed by atoms with Crippen molar-refractivity contribution in [2.75, 3.05) is 38.3 Å². The number of nitrogens with one attached hydrogen (secondary N) is 3. The van der Waals surface area contributed by atoms with Crippen LogP contribution in [0.25, 0.3) is 27.6 Å². The number of morpholine rings is 1. The lowest BCUT2D eigenvalue weighted by Crippen LogP contribution is -2.40. The number of ether oxygens (including phenoxy) is 1. The number of hydrogen-bond acceptors (Lipinski definition) is 9. The van der Waals surface area contributed by atoms with Crippen LogP contribution in [0.15, 0.2) is 59.3 Å². The highest BCUT2D eigenvalue weighted by molar-refractivity contribution is 6.08. The standard InChI is InChI=1S/C29H31N7O3/c1-18-27(19(2)39-35-18)21-9-10-24-23(13-21)29(34-28(33-24)22(14-30)15-32-16-26(37)31-3)36-11-12-38-17-25(36)20-7-5-4-6-8-20/h4-10,13-15,25,30,32H,11-12,16-17H2,1-3H3,(H,31,37)/b22-15+,30-14?/t25-/m1/s1. The molecular weight excluding hydrogens is 494 g/mol. The normalized spacial score (nSPS) is 15.8. The molecular formula is C29H31N7O3. The van der Waals surface area contributed by atoms with Crippen LogP contribution in [-0.4, -0.2) is 60.6 Å². The van der Waals surface area contributed by atoms with E-state index in [0.29, 0.717) is 31.2 Å². The van der Waals surface area contributed by atoms with Gasteiger partial charge in [0.25, 0.3) is 0 Å². The Bertz CT molecular complexity index is 1510. The van der Waals surface area contributed by atoms with Crippen LogP contribution in [0.2, 0.25) is 0 Å². The van der Waals surface area contributed by atoms with Crippen LogP contribution in [0.4, 0.5) is 5.82 Å². The van der Waals surface area contributed by atoms with Gasteiger partial charge < -0.3 is 30.2 Å². The molecule has 0 radical (unpaired) electrons. The molecule has 1 aliphatic heterocycles. The molecule has 10 heteroatoms. The van der Waals surface area contributed by atoms with Gasteiger partial charge in [-0.3, -0.25) is 4.79 Å². The molecule has 39 heavy (non-hydrogen) atoms. The first-order chi connectivity index (χ1) is 19.0. The summed E-state index contributed by atoms with van der Waals surface area (Å²) in [5.74, 6) is 1.72. The lowest BCUT2D eigenvalue weighted by Gasteiger charge is -2.37. The van der Waals surface area contributed by atoms with Gasteiger partial charge >= 0.3 is 0 Å². The SMILES string of the molecule is CNC(=O)CN/C=C(\C=N)c1nc(N2CCOC[C@@H]2c2ccccc2)c2cc(-c3c(C)noc3C)ccc2n1. The van der Waals surface area contributed by atoms with E-state index in [1.54, 1.807) is 13.2 Å². The van der Waals surface area contributed by atoms with Crippen LogP contribution in [0, 0.1) is 19.3 Å². The van der Waals surface area contributed by atoms with Gasteiger partial charge in [-0.2, -0.15) is 0 Å². The van der Waals surface area contributed by atoms with E-state index in [2.05, 4.69) is 38.9 Å². The van der Waals surface area contributed by atoms with E-state index in [1.165, 1.54) is 6.21 Å². The average molecular weight is 526 g/mol. The van der Waals surface area contributed by atoms with Crippen molar-refractivity contribution in [1.82, 2.24) is 25.8 Å². The van der Waals surface area contributed by atoms with Crippen LogP contribution < -0.4 is 15.5 Å². The van der Waals surface area contributed by atoms with Gasteiger partial charge in [0, 0.05) is 37.0 Å². The highest BCUT2D eigenvalue weighted by Crippen LogP contribution is 2.37. The summed E-state index contributed by atoms with van der Waals surface area (Å²) in [5, 5.41) is 18.6. The third-order valence-electron chi connectivity index (χ3n) is 6.80. The molecule has 0 spiro atoms. The van der Waals surface area contributed by atoms with Gasteiger partial charge in [-0.1, -0.05) is 41.6 Å². The van der Waals surface area contributed by atoms with Gasteiger partial charge in [0.2, 0.25) is 5.91 Å². The summed E-state index contributed by atoms with van der Waals surface area (Å²) in [6.45, 7) is 5.63. The maximum Gasteiger partial charge on any atom is 0.239 e. The monoisotopic (exact) mass is 525 g/mol. The molecule has 1 fully saturated rings. The number of aryl methyl sites for hydroxylation is 2. The Hall–Kier alpha value is -4.57. The Kier molecular flexibility index (Phi) is 7.64. The topological polar surface area (TPSA) is 129 Å². The smallest absolute Gasteiger partial charge is 0.239 e. The highest BCUT2D eigenvalue weighted by Gasteiger charge is 2.28. The highest BCUT2D eigenvalue weighted by atomic mass is 16.5. The van der Waals surface area contributed by atoms with E-state index < -0.39 is 0 Å². The van der Waals surface area contributed by atoms with E-state index in [4.69, 9.17) is 24.6 Å². The number of hydrogen-bond donors (Lipinski definition) is 3. The number of nitrogens with zero attached hydrogens (tertiary/aromatic N) is 4. The Labute approximate surface area is 226 Å². The molecule has 0 aliphatic carbocycles. The molecule has 1 aliphatic rings. The number of allylic oxidation sites excluding steroid dienone is 1. The molecule has 1 saturated heterocycles. The first-order valence-electron chi connectivity index (χ1n) is 12.8. The number of carbonyl (C=O) groups excluding carboxylic acids is 1. The molecule has 3 N–H and O–H groups in total. The Morgan fingerprint density at radius 1 is 1.18 bits per heavy atom. The number of anilines is 1. The van der Waals surface area contributed by atoms with E-state index in [9.17, 15) is 4.79 Å². The summed E-state index contributed by atoms with van der Waals surface area (Å²) < 4.78 is 11.3. The van der Waals surface area contributed by atoms with Crippen molar-refractivity contribution in [3.8, 4) is 11.1 Å². The van der Waals surface area contributed by atoms with Crippen LogP contribution in [0.1, 0.15) is 28.9 Å². The second kappa shape index (κ2) is 11.4. The van der Waals surface area contributed by atoms with Crippen molar-refractivity contribution in [3.63, 3.8) is 0 Å². The summed E-state index contributed by atoms with van der Waals surface area (Å²) in [5.41, 5.74) is 5.06. The number of likely N-dealkylation sites (N-methyl/N-ethyl adjacent to an activating group) is 1. The van der Waals surface area contributed by atoms with Gasteiger partial charge in [0.1, 0.15) is 11.6 Å². The van der Waals surface area contributed by atoms with E-state index in [1.807, 2.05) is 44.2 Å². The largest absolute Gasteiger partial charge is 0.381 e. The number of carbonyl (C=O) groups is 1. The maximum atomic E-state index is 11.7. The fraction of sp³-hybridized carbons (Fsp3) is 0.276. The zero-order valence-corrected chi connectivity index (χ0v) is 22.2. The lowest BCUT2D eigenvalue weighted by atomic mass is 10.0. The third kappa shape index (κ3) is 5.37. The Morgan fingerprint density at radius 3 is 2.72 bits per heavy atom. The van der Waals surface area contributed by atoms with Crippen LogP contribution in [0.3, 0.4) is 0 Å². The minimum absolute atomic E-state index is 0.0487. The number of rotatable bonds is 8. The Morgan fingerprint density at radius 2 is 2.00 bits per heavy atom. The second-order valence-corrected chi connectivity index (χ2v) is 9.29. The third-order valence-corrected chi connectivity index (χ3v) is 6.80. The fourth-order valence-corrected chi connectivity index (χ4v) is 4.83. The van der Waals surface area contributed by atoms with E-state index >= 15 is 0 Å². The van der Waals surface area contributed by atoms with Crippen LogP contribution >= 0.6 is 0 Å². The minimum Gasteiger partial charge on any atom is -0.381 e. The summed E-state index contributed by atoms with van der Waals surface area (Å²) in [6.07, 6.45) is 2.79. The molecule has 3 heterocycles. The molecule has 2 aromatic heterocycles. The summed E-state index contributed by atoms with van der Waals surface area (Å²) >= 11 is 0. The van der Waals surface area contributed by atoms with Gasteiger partial charge in [-0.25, -0.2) is 9.97 Å². The predicted octanol–water partition coefficient (Wildman–Crippen LogP) is 3.81. The molecule has 0 unspecified atom stereocenters.